The number of nitrogens with one attached hydrogen (secondary N) is 1. The van der Waals surface area contributed by atoms with E-state index in [4.69, 9.17) is 4.74 Å². The minimum absolute atomic E-state index is 0. The molecule has 2 aliphatic heterocycles. The molecule has 1 amide bonds. The van der Waals surface area contributed by atoms with Crippen molar-refractivity contribution in [3.05, 3.63) is 0 Å². The highest BCUT2D eigenvalue weighted by Crippen LogP contribution is 2.50. The highest BCUT2D eigenvalue weighted by molar-refractivity contribution is 5.85. The van der Waals surface area contributed by atoms with E-state index in [9.17, 15) is 18.0 Å². The lowest BCUT2D eigenvalue weighted by molar-refractivity contribution is -0.220. The maximum Gasteiger partial charge on any atom is 0.410 e. The number of likely N-dealkylation sites (tertiary alicyclic amines) is 1. The molecule has 0 aliphatic carbocycles. The van der Waals surface area contributed by atoms with Gasteiger partial charge in [-0.3, -0.25) is 0 Å². The van der Waals surface area contributed by atoms with Crippen molar-refractivity contribution in [2.75, 3.05) is 26.2 Å². The molecule has 0 bridgehead atoms. The first kappa shape index (κ1) is 17.4. The summed E-state index contributed by atoms with van der Waals surface area (Å²) in [7, 11) is 0. The maximum absolute atomic E-state index is 13.3. The zero-order chi connectivity index (χ0) is 14.5. The van der Waals surface area contributed by atoms with E-state index < -0.39 is 29.2 Å². The number of amides is 1. The quantitative estimate of drug-likeness (QED) is 0.746. The molecular weight excluding hydrogens is 297 g/mol. The van der Waals surface area contributed by atoms with Gasteiger partial charge in [-0.15, -0.1) is 12.4 Å². The molecule has 0 saturated carbocycles. The van der Waals surface area contributed by atoms with E-state index in [0.717, 1.165) is 0 Å². The summed E-state index contributed by atoms with van der Waals surface area (Å²) in [5.41, 5.74) is -2.51. The fourth-order valence-corrected chi connectivity index (χ4v) is 2.79. The number of nitrogens with zero attached hydrogens (tertiary/aromatic N) is 1. The third kappa shape index (κ3) is 2.98. The van der Waals surface area contributed by atoms with Crippen LogP contribution in [0.2, 0.25) is 0 Å². The summed E-state index contributed by atoms with van der Waals surface area (Å²) in [6.07, 6.45) is -4.97. The average molecular weight is 317 g/mol. The van der Waals surface area contributed by atoms with Gasteiger partial charge in [-0.05, 0) is 20.8 Å². The molecule has 0 aromatic carbocycles. The van der Waals surface area contributed by atoms with Crippen molar-refractivity contribution in [3.8, 4) is 0 Å². The summed E-state index contributed by atoms with van der Waals surface area (Å²) >= 11 is 0. The number of rotatable bonds is 0. The van der Waals surface area contributed by atoms with Crippen molar-refractivity contribution in [3.63, 3.8) is 0 Å². The lowest BCUT2D eigenvalue weighted by atomic mass is 9.80. The number of carbonyl (C=O) groups is 1. The van der Waals surface area contributed by atoms with Gasteiger partial charge in [-0.25, -0.2) is 4.79 Å². The largest absolute Gasteiger partial charge is 0.444 e. The molecule has 2 rings (SSSR count). The third-order valence-corrected chi connectivity index (χ3v) is 3.74. The van der Waals surface area contributed by atoms with Crippen LogP contribution in [0.25, 0.3) is 0 Å². The number of carbonyl (C=O) groups excluding carboxylic acids is 1. The fraction of sp³-hybridized carbons (Fsp3) is 0.917. The summed E-state index contributed by atoms with van der Waals surface area (Å²) in [6, 6.07) is 0. The van der Waals surface area contributed by atoms with Gasteiger partial charge in [-0.1, -0.05) is 0 Å². The second-order valence-electron chi connectivity index (χ2n) is 6.34. The van der Waals surface area contributed by atoms with Crippen molar-refractivity contribution in [2.45, 2.75) is 32.5 Å². The second kappa shape index (κ2) is 5.26. The Hall–Kier alpha value is -0.690. The van der Waals surface area contributed by atoms with Crippen LogP contribution in [0.15, 0.2) is 0 Å². The van der Waals surface area contributed by atoms with E-state index in [1.165, 1.54) is 4.90 Å². The Morgan fingerprint density at radius 1 is 1.35 bits per heavy atom. The molecule has 0 unspecified atom stereocenters. The Morgan fingerprint density at radius 2 is 1.95 bits per heavy atom. The number of fused-ring (bicyclic) bond motifs is 1. The van der Waals surface area contributed by atoms with Crippen molar-refractivity contribution in [1.82, 2.24) is 10.2 Å². The van der Waals surface area contributed by atoms with Crippen LogP contribution in [-0.4, -0.2) is 48.9 Å². The molecule has 4 nitrogen and oxygen atoms in total. The first-order valence-electron chi connectivity index (χ1n) is 6.30. The van der Waals surface area contributed by atoms with Gasteiger partial charge < -0.3 is 15.0 Å². The van der Waals surface area contributed by atoms with Crippen LogP contribution in [0.4, 0.5) is 18.0 Å². The molecule has 0 aromatic heterocycles. The summed E-state index contributed by atoms with van der Waals surface area (Å²) in [4.78, 5) is 13.1. The Kier molecular flexibility index (Phi) is 4.56. The van der Waals surface area contributed by atoms with Crippen molar-refractivity contribution in [1.29, 1.82) is 0 Å². The minimum atomic E-state index is -4.31. The molecule has 1 N–H and O–H groups in total. The van der Waals surface area contributed by atoms with Gasteiger partial charge in [-0.2, -0.15) is 13.2 Å². The number of ether oxygens (including phenoxy) is 1. The van der Waals surface area contributed by atoms with E-state index in [-0.39, 0.29) is 32.0 Å². The van der Waals surface area contributed by atoms with Gasteiger partial charge in [0.15, 0.2) is 0 Å². The monoisotopic (exact) mass is 316 g/mol. The second-order valence-corrected chi connectivity index (χ2v) is 6.34. The number of alkyl halides is 3. The van der Waals surface area contributed by atoms with Crippen molar-refractivity contribution in [2.24, 2.45) is 11.3 Å². The van der Waals surface area contributed by atoms with E-state index in [1.807, 2.05) is 0 Å². The SMILES string of the molecule is CC(C)(C)OC(=O)N1C[C@H]2CNC[C@@]2(C(F)(F)F)C1.Cl. The molecule has 2 atom stereocenters. The predicted molar refractivity (Wildman–Crippen MR) is 69.9 cm³/mol. The van der Waals surface area contributed by atoms with Gasteiger partial charge in [0.05, 0.1) is 0 Å². The van der Waals surface area contributed by atoms with Crippen molar-refractivity contribution < 1.29 is 22.7 Å². The summed E-state index contributed by atoms with van der Waals surface area (Å²) < 4.78 is 44.9. The highest BCUT2D eigenvalue weighted by Gasteiger charge is 2.65. The van der Waals surface area contributed by atoms with Gasteiger partial charge in [0.2, 0.25) is 0 Å². The number of hydrogen-bond acceptors (Lipinski definition) is 3. The average Bonchev–Trinajstić information content (AvgIpc) is 2.68. The molecule has 2 heterocycles. The zero-order valence-corrected chi connectivity index (χ0v) is 12.5. The lowest BCUT2D eigenvalue weighted by Crippen LogP contribution is -2.46. The predicted octanol–water partition coefficient (Wildman–Crippen LogP) is 2.43. The molecule has 2 fully saturated rings. The molecule has 0 aromatic rings. The molecule has 2 saturated heterocycles. The highest BCUT2D eigenvalue weighted by atomic mass is 35.5. The maximum atomic E-state index is 13.3. The van der Waals surface area contributed by atoms with Crippen LogP contribution in [0.3, 0.4) is 0 Å². The Labute approximate surface area is 122 Å². The Morgan fingerprint density at radius 3 is 2.40 bits per heavy atom. The van der Waals surface area contributed by atoms with Crippen LogP contribution in [0.1, 0.15) is 20.8 Å². The fourth-order valence-electron chi connectivity index (χ4n) is 2.79. The number of hydrogen-bond donors (Lipinski definition) is 1. The molecule has 2 aliphatic rings. The van der Waals surface area contributed by atoms with Crippen molar-refractivity contribution >= 4 is 18.5 Å². The molecule has 8 heteroatoms. The van der Waals surface area contributed by atoms with Gasteiger partial charge >= 0.3 is 12.3 Å². The molecule has 0 spiro atoms. The number of halogens is 4. The molecule has 20 heavy (non-hydrogen) atoms. The van der Waals surface area contributed by atoms with E-state index in [1.54, 1.807) is 20.8 Å². The van der Waals surface area contributed by atoms with Crippen LogP contribution < -0.4 is 5.32 Å². The van der Waals surface area contributed by atoms with E-state index in [2.05, 4.69) is 5.32 Å². The molecule has 118 valence electrons. The van der Waals surface area contributed by atoms with E-state index >= 15 is 0 Å². The minimum Gasteiger partial charge on any atom is -0.444 e. The topological polar surface area (TPSA) is 41.6 Å². The smallest absolute Gasteiger partial charge is 0.410 e. The van der Waals surface area contributed by atoms with Gasteiger partial charge in [0.1, 0.15) is 11.0 Å². The van der Waals surface area contributed by atoms with Crippen LogP contribution in [-0.2, 0) is 4.74 Å². The normalized spacial score (nSPS) is 29.9. The van der Waals surface area contributed by atoms with Gasteiger partial charge in [0, 0.05) is 32.1 Å². The zero-order valence-electron chi connectivity index (χ0n) is 11.7. The van der Waals surface area contributed by atoms with Crippen LogP contribution in [0.5, 0.6) is 0 Å². The van der Waals surface area contributed by atoms with Crippen LogP contribution in [0, 0.1) is 11.3 Å². The molecular formula is C12H20ClF3N2O2. The Balaban J connectivity index is 0.00000200. The lowest BCUT2D eigenvalue weighted by Gasteiger charge is -2.30. The van der Waals surface area contributed by atoms with Crippen LogP contribution >= 0.6 is 12.4 Å². The third-order valence-electron chi connectivity index (χ3n) is 3.74. The first-order valence-corrected chi connectivity index (χ1v) is 6.30. The summed E-state index contributed by atoms with van der Waals surface area (Å²) in [5.74, 6) is -0.583. The summed E-state index contributed by atoms with van der Waals surface area (Å²) in [5, 5.41) is 2.78. The molecule has 0 radical (unpaired) electrons. The standard InChI is InChI=1S/C12H19F3N2O2.ClH/c1-10(2,3)19-9(18)17-5-8-4-16-6-11(8,7-17)12(13,14)15;/h8,16H,4-7H2,1-3H3;1H/t8-,11-;/m1./s1. The first-order chi connectivity index (χ1) is 8.55. The Bertz CT molecular complexity index is 384. The van der Waals surface area contributed by atoms with Gasteiger partial charge in [0.25, 0.3) is 0 Å². The van der Waals surface area contributed by atoms with E-state index in [0.29, 0.717) is 6.54 Å². The summed E-state index contributed by atoms with van der Waals surface area (Å²) in [6.45, 7) is 5.04.